The van der Waals surface area contributed by atoms with Crippen molar-refractivity contribution in [2.75, 3.05) is 0 Å². The molecule has 0 aliphatic rings. The molecule has 5 nitrogen and oxygen atoms in total. The lowest BCUT2D eigenvalue weighted by atomic mass is 9.87. The van der Waals surface area contributed by atoms with Crippen LogP contribution in [0.3, 0.4) is 0 Å². The highest BCUT2D eigenvalue weighted by Crippen LogP contribution is 2.34. The van der Waals surface area contributed by atoms with Crippen LogP contribution >= 0.6 is 0 Å². The van der Waals surface area contributed by atoms with E-state index in [1.165, 1.54) is 11.6 Å². The standard InChI is InChI=1S/C23H23NO4/c1-23(2,3)18-9-11-19(12-10-18)28-20-13-14-21(24(25)26)22(15-20)27-16-17-7-5-4-6-8-17/h4-15H,16H2,1-3H3. The number of nitrogens with zero attached hydrogens (tertiary/aromatic N) is 1. The number of hydrogen-bond acceptors (Lipinski definition) is 4. The van der Waals surface area contributed by atoms with Gasteiger partial charge in [-0.05, 0) is 34.7 Å². The predicted molar refractivity (Wildman–Crippen MR) is 109 cm³/mol. The second-order valence-electron chi connectivity index (χ2n) is 7.54. The number of rotatable bonds is 6. The van der Waals surface area contributed by atoms with Crippen LogP contribution in [0.2, 0.25) is 0 Å². The van der Waals surface area contributed by atoms with Crippen molar-refractivity contribution >= 4 is 5.69 Å². The van der Waals surface area contributed by atoms with Crippen LogP contribution in [0.15, 0.2) is 72.8 Å². The third kappa shape index (κ3) is 4.88. The zero-order chi connectivity index (χ0) is 20.1. The Labute approximate surface area is 164 Å². The number of hydrogen-bond donors (Lipinski definition) is 0. The van der Waals surface area contributed by atoms with Gasteiger partial charge in [-0.25, -0.2) is 0 Å². The molecule has 28 heavy (non-hydrogen) atoms. The molecular formula is C23H23NO4. The second kappa shape index (κ2) is 8.13. The summed E-state index contributed by atoms with van der Waals surface area (Å²) < 4.78 is 11.6. The Morgan fingerprint density at radius 2 is 1.54 bits per heavy atom. The van der Waals surface area contributed by atoms with Crippen LogP contribution in [-0.4, -0.2) is 4.92 Å². The lowest BCUT2D eigenvalue weighted by Gasteiger charge is -2.19. The Morgan fingerprint density at radius 1 is 0.893 bits per heavy atom. The van der Waals surface area contributed by atoms with Crippen LogP contribution in [0.4, 0.5) is 5.69 Å². The average Bonchev–Trinajstić information content (AvgIpc) is 2.67. The molecule has 5 heteroatoms. The molecule has 0 aliphatic heterocycles. The largest absolute Gasteiger partial charge is 0.482 e. The van der Waals surface area contributed by atoms with Crippen molar-refractivity contribution in [3.63, 3.8) is 0 Å². The van der Waals surface area contributed by atoms with Gasteiger partial charge in [-0.15, -0.1) is 0 Å². The molecule has 0 aromatic heterocycles. The Morgan fingerprint density at radius 3 is 2.14 bits per heavy atom. The van der Waals surface area contributed by atoms with Crippen LogP contribution in [0.1, 0.15) is 31.9 Å². The lowest BCUT2D eigenvalue weighted by molar-refractivity contribution is -0.386. The first-order valence-electron chi connectivity index (χ1n) is 9.06. The summed E-state index contributed by atoms with van der Waals surface area (Å²) >= 11 is 0. The predicted octanol–water partition coefficient (Wildman–Crippen LogP) is 6.26. The molecule has 3 rings (SSSR count). The van der Waals surface area contributed by atoms with Gasteiger partial charge in [-0.2, -0.15) is 0 Å². The van der Waals surface area contributed by atoms with E-state index in [1.54, 1.807) is 12.1 Å². The van der Waals surface area contributed by atoms with E-state index in [2.05, 4.69) is 20.8 Å². The van der Waals surface area contributed by atoms with E-state index in [1.807, 2.05) is 54.6 Å². The molecule has 0 saturated heterocycles. The fourth-order valence-corrected chi connectivity index (χ4v) is 2.72. The van der Waals surface area contributed by atoms with Gasteiger partial charge in [0.05, 0.1) is 4.92 Å². The Kier molecular flexibility index (Phi) is 5.64. The van der Waals surface area contributed by atoms with Gasteiger partial charge < -0.3 is 9.47 Å². The van der Waals surface area contributed by atoms with E-state index in [9.17, 15) is 10.1 Å². The summed E-state index contributed by atoms with van der Waals surface area (Å²) in [7, 11) is 0. The minimum atomic E-state index is -0.456. The van der Waals surface area contributed by atoms with Crippen molar-refractivity contribution in [1.29, 1.82) is 0 Å². The smallest absolute Gasteiger partial charge is 0.311 e. The van der Waals surface area contributed by atoms with Gasteiger partial charge in [0.15, 0.2) is 0 Å². The molecular weight excluding hydrogens is 354 g/mol. The van der Waals surface area contributed by atoms with Gasteiger partial charge in [-0.3, -0.25) is 10.1 Å². The molecule has 3 aromatic rings. The molecule has 3 aromatic carbocycles. The lowest BCUT2D eigenvalue weighted by Crippen LogP contribution is -2.10. The van der Waals surface area contributed by atoms with Gasteiger partial charge >= 0.3 is 5.69 Å². The first kappa shape index (κ1) is 19.4. The monoisotopic (exact) mass is 377 g/mol. The summed E-state index contributed by atoms with van der Waals surface area (Å²) in [6.45, 7) is 6.69. The summed E-state index contributed by atoms with van der Waals surface area (Å²) in [6, 6.07) is 21.9. The first-order chi connectivity index (χ1) is 13.3. The molecule has 0 spiro atoms. The SMILES string of the molecule is CC(C)(C)c1ccc(Oc2ccc([N+](=O)[O-])c(OCc3ccccc3)c2)cc1. The highest BCUT2D eigenvalue weighted by atomic mass is 16.6. The maximum Gasteiger partial charge on any atom is 0.311 e. The van der Waals surface area contributed by atoms with Crippen LogP contribution in [0.25, 0.3) is 0 Å². The highest BCUT2D eigenvalue weighted by Gasteiger charge is 2.17. The van der Waals surface area contributed by atoms with Crippen molar-refractivity contribution in [1.82, 2.24) is 0 Å². The number of nitro groups is 1. The molecule has 144 valence electrons. The van der Waals surface area contributed by atoms with E-state index in [-0.39, 0.29) is 23.5 Å². The zero-order valence-corrected chi connectivity index (χ0v) is 16.2. The third-order valence-electron chi connectivity index (χ3n) is 4.32. The molecule has 0 atom stereocenters. The maximum atomic E-state index is 11.3. The fraction of sp³-hybridized carbons (Fsp3) is 0.217. The molecule has 0 aliphatic carbocycles. The van der Waals surface area contributed by atoms with Gasteiger partial charge in [0, 0.05) is 12.1 Å². The van der Waals surface area contributed by atoms with E-state index >= 15 is 0 Å². The molecule has 0 heterocycles. The van der Waals surface area contributed by atoms with Gasteiger partial charge in [0.2, 0.25) is 5.75 Å². The Hall–Kier alpha value is -3.34. The minimum absolute atomic E-state index is 0.0599. The molecule has 0 unspecified atom stereocenters. The van der Waals surface area contributed by atoms with Crippen LogP contribution in [0.5, 0.6) is 17.2 Å². The second-order valence-corrected chi connectivity index (χ2v) is 7.54. The van der Waals surface area contributed by atoms with Gasteiger partial charge in [0.1, 0.15) is 18.1 Å². The van der Waals surface area contributed by atoms with Crippen molar-refractivity contribution in [3.8, 4) is 17.2 Å². The van der Waals surface area contributed by atoms with E-state index in [0.29, 0.717) is 11.5 Å². The summed E-state index contributed by atoms with van der Waals surface area (Å²) in [4.78, 5) is 10.9. The summed E-state index contributed by atoms with van der Waals surface area (Å²) in [5.41, 5.74) is 2.10. The zero-order valence-electron chi connectivity index (χ0n) is 16.2. The number of benzene rings is 3. The highest BCUT2D eigenvalue weighted by molar-refractivity contribution is 5.51. The van der Waals surface area contributed by atoms with Crippen LogP contribution in [-0.2, 0) is 12.0 Å². The maximum absolute atomic E-state index is 11.3. The quantitative estimate of drug-likeness (QED) is 0.375. The summed E-state index contributed by atoms with van der Waals surface area (Å²) in [5.74, 6) is 1.32. The number of nitro benzene ring substituents is 1. The first-order valence-corrected chi connectivity index (χ1v) is 9.06. The molecule has 0 radical (unpaired) electrons. The van der Waals surface area contributed by atoms with Gasteiger partial charge in [0.25, 0.3) is 0 Å². The minimum Gasteiger partial charge on any atom is -0.482 e. The number of ether oxygens (including phenoxy) is 2. The van der Waals surface area contributed by atoms with Crippen molar-refractivity contribution in [2.45, 2.75) is 32.8 Å². The van der Waals surface area contributed by atoms with E-state index in [0.717, 1.165) is 5.56 Å². The van der Waals surface area contributed by atoms with E-state index < -0.39 is 4.92 Å². The summed E-state index contributed by atoms with van der Waals surface area (Å²) in [6.07, 6.45) is 0. The third-order valence-corrected chi connectivity index (χ3v) is 4.32. The fourth-order valence-electron chi connectivity index (χ4n) is 2.72. The van der Waals surface area contributed by atoms with Crippen molar-refractivity contribution in [2.24, 2.45) is 0 Å². The Balaban J connectivity index is 1.79. The average molecular weight is 377 g/mol. The van der Waals surface area contributed by atoms with Crippen molar-refractivity contribution < 1.29 is 14.4 Å². The molecule has 0 fully saturated rings. The normalized spacial score (nSPS) is 11.1. The van der Waals surface area contributed by atoms with Crippen molar-refractivity contribution in [3.05, 3.63) is 94.0 Å². The van der Waals surface area contributed by atoms with Crippen LogP contribution in [0, 0.1) is 10.1 Å². The topological polar surface area (TPSA) is 61.6 Å². The van der Waals surface area contributed by atoms with Crippen LogP contribution < -0.4 is 9.47 Å². The molecule has 0 saturated carbocycles. The summed E-state index contributed by atoms with van der Waals surface area (Å²) in [5, 5.41) is 11.3. The molecule has 0 N–H and O–H groups in total. The van der Waals surface area contributed by atoms with E-state index in [4.69, 9.17) is 9.47 Å². The molecule has 0 bridgehead atoms. The molecule has 0 amide bonds. The Bertz CT molecular complexity index is 945. The van der Waals surface area contributed by atoms with Gasteiger partial charge in [-0.1, -0.05) is 63.2 Å².